The van der Waals surface area contributed by atoms with Crippen molar-refractivity contribution >= 4 is 29.1 Å². The minimum atomic E-state index is -0.317. The van der Waals surface area contributed by atoms with E-state index in [2.05, 4.69) is 45.8 Å². The Balaban J connectivity index is 1.33. The average molecular weight is 441 g/mol. The van der Waals surface area contributed by atoms with Crippen LogP contribution in [0.25, 0.3) is 0 Å². The molecule has 4 rings (SSSR count). The molecule has 7 heteroatoms. The molecule has 2 aliphatic heterocycles. The topological polar surface area (TPSA) is 73.5 Å². The normalized spacial score (nSPS) is 25.4. The number of nitrogens with one attached hydrogen (secondary N) is 3. The van der Waals surface area contributed by atoms with Crippen molar-refractivity contribution in [3.63, 3.8) is 0 Å². The van der Waals surface area contributed by atoms with E-state index >= 15 is 0 Å². The van der Waals surface area contributed by atoms with E-state index in [0.717, 1.165) is 62.0 Å². The smallest absolute Gasteiger partial charge is 0.296 e. The van der Waals surface area contributed by atoms with Crippen molar-refractivity contribution in [3.8, 4) is 11.8 Å². The molecule has 1 saturated carbocycles. The van der Waals surface area contributed by atoms with Crippen LogP contribution in [0.5, 0.6) is 0 Å². The predicted molar refractivity (Wildman–Crippen MR) is 123 cm³/mol. The number of anilines is 1. The Kier molecular flexibility index (Phi) is 6.84. The maximum Gasteiger partial charge on any atom is 0.296 e. The molecule has 2 heterocycles. The minimum Gasteiger partial charge on any atom is -0.373 e. The minimum absolute atomic E-state index is 0.0407. The first-order chi connectivity index (χ1) is 15.0. The predicted octanol–water partition coefficient (Wildman–Crippen LogP) is 2.49. The number of fused-ring (bicyclic) bond motifs is 1. The summed E-state index contributed by atoms with van der Waals surface area (Å²) in [4.78, 5) is 27.5. The second-order valence-electron chi connectivity index (χ2n) is 8.67. The summed E-state index contributed by atoms with van der Waals surface area (Å²) in [6, 6.07) is 5.14. The molecule has 1 fully saturated rings. The molecule has 0 radical (unpaired) electrons. The fraction of sp³-hybridized carbons (Fsp3) is 0.500. The van der Waals surface area contributed by atoms with Gasteiger partial charge in [-0.25, -0.2) is 0 Å². The van der Waals surface area contributed by atoms with Gasteiger partial charge in [0.2, 0.25) is 5.91 Å². The molecule has 0 bridgehead atoms. The number of carbonyl (C=O) groups is 2. The largest absolute Gasteiger partial charge is 0.373 e. The van der Waals surface area contributed by atoms with Gasteiger partial charge in [-0.15, -0.1) is 0 Å². The molecule has 6 nitrogen and oxygen atoms in total. The summed E-state index contributed by atoms with van der Waals surface area (Å²) < 4.78 is 0. The molecular formula is C24H29ClN4O2. The van der Waals surface area contributed by atoms with Gasteiger partial charge in [-0.1, -0.05) is 36.4 Å². The third-order valence-electron chi connectivity index (χ3n) is 6.30. The van der Waals surface area contributed by atoms with Gasteiger partial charge >= 0.3 is 0 Å². The number of carbonyl (C=O) groups excluding carboxylic acids is 2. The first-order valence-corrected chi connectivity index (χ1v) is 11.4. The van der Waals surface area contributed by atoms with Gasteiger partial charge in [0, 0.05) is 47.9 Å². The van der Waals surface area contributed by atoms with Crippen LogP contribution in [0.15, 0.2) is 29.8 Å². The molecule has 3 N–H and O–H groups in total. The molecule has 0 spiro atoms. The van der Waals surface area contributed by atoms with Gasteiger partial charge in [-0.3, -0.25) is 9.59 Å². The van der Waals surface area contributed by atoms with Crippen LogP contribution in [0.2, 0.25) is 5.02 Å². The Hall–Kier alpha value is -2.49. The van der Waals surface area contributed by atoms with E-state index in [1.54, 1.807) is 0 Å². The van der Waals surface area contributed by atoms with Crippen LogP contribution in [0.1, 0.15) is 37.7 Å². The van der Waals surface area contributed by atoms with Gasteiger partial charge in [0.25, 0.3) is 5.91 Å². The number of hydrogen-bond donors (Lipinski definition) is 3. The molecule has 1 aliphatic carbocycles. The van der Waals surface area contributed by atoms with E-state index in [0.29, 0.717) is 11.4 Å². The molecule has 1 unspecified atom stereocenters. The lowest BCUT2D eigenvalue weighted by atomic mass is 9.90. The van der Waals surface area contributed by atoms with E-state index in [9.17, 15) is 9.59 Å². The third-order valence-corrected chi connectivity index (χ3v) is 6.53. The molecule has 3 aliphatic rings. The zero-order valence-corrected chi connectivity index (χ0v) is 18.6. The van der Waals surface area contributed by atoms with Crippen molar-refractivity contribution < 1.29 is 9.59 Å². The number of hydrogen-bond acceptors (Lipinski definition) is 4. The van der Waals surface area contributed by atoms with Crippen molar-refractivity contribution in [2.24, 2.45) is 0 Å². The highest BCUT2D eigenvalue weighted by atomic mass is 35.5. The van der Waals surface area contributed by atoms with Gasteiger partial charge in [0.05, 0.1) is 0 Å². The highest BCUT2D eigenvalue weighted by Gasteiger charge is 2.32. The fourth-order valence-corrected chi connectivity index (χ4v) is 4.67. The van der Waals surface area contributed by atoms with Gasteiger partial charge in [-0.2, -0.15) is 0 Å². The van der Waals surface area contributed by atoms with E-state index < -0.39 is 0 Å². The molecule has 0 saturated heterocycles. The van der Waals surface area contributed by atoms with Crippen molar-refractivity contribution in [2.45, 2.75) is 56.7 Å². The van der Waals surface area contributed by atoms with Crippen LogP contribution in [-0.4, -0.2) is 55.0 Å². The summed E-state index contributed by atoms with van der Waals surface area (Å²) in [7, 11) is 2.07. The molecule has 2 amide bonds. The Morgan fingerprint density at radius 2 is 1.97 bits per heavy atom. The van der Waals surface area contributed by atoms with Gasteiger partial charge < -0.3 is 20.9 Å². The summed E-state index contributed by atoms with van der Waals surface area (Å²) in [5, 5.41) is 10.1. The van der Waals surface area contributed by atoms with Crippen LogP contribution in [0.3, 0.4) is 0 Å². The summed E-state index contributed by atoms with van der Waals surface area (Å²) in [5.41, 5.74) is 3.03. The van der Waals surface area contributed by atoms with Crippen molar-refractivity contribution in [1.29, 1.82) is 0 Å². The third kappa shape index (κ3) is 5.61. The van der Waals surface area contributed by atoms with Gasteiger partial charge in [0.15, 0.2) is 0 Å². The SMILES string of the molecule is CN1CC=C(C#CC(=O)N[C@@H]2CCCC[C@@H]2NC(=O)C2Cc3cc(Cl)ccc3N2)CC1. The lowest BCUT2D eigenvalue weighted by Crippen LogP contribution is -2.55. The highest BCUT2D eigenvalue weighted by Crippen LogP contribution is 2.29. The van der Waals surface area contributed by atoms with Crippen molar-refractivity contribution in [1.82, 2.24) is 15.5 Å². The molecule has 1 aromatic rings. The number of nitrogens with zero attached hydrogens (tertiary/aromatic N) is 1. The lowest BCUT2D eigenvalue weighted by Gasteiger charge is -2.33. The summed E-state index contributed by atoms with van der Waals surface area (Å²) >= 11 is 6.07. The number of likely N-dealkylation sites (N-methyl/N-ethyl adjacent to an activating group) is 1. The zero-order chi connectivity index (χ0) is 21.8. The van der Waals surface area contributed by atoms with Crippen LogP contribution < -0.4 is 16.0 Å². The monoisotopic (exact) mass is 440 g/mol. The Bertz CT molecular complexity index is 949. The number of rotatable bonds is 3. The van der Waals surface area contributed by atoms with Gasteiger partial charge in [-0.05, 0) is 56.0 Å². The molecule has 1 aromatic carbocycles. The van der Waals surface area contributed by atoms with E-state index in [1.165, 1.54) is 0 Å². The molecular weight excluding hydrogens is 412 g/mol. The average Bonchev–Trinajstić information content (AvgIpc) is 3.18. The fourth-order valence-electron chi connectivity index (χ4n) is 4.47. The molecule has 164 valence electrons. The molecule has 31 heavy (non-hydrogen) atoms. The van der Waals surface area contributed by atoms with E-state index in [1.807, 2.05) is 18.2 Å². The standard InChI is InChI=1S/C24H29ClN4O2/c1-29-12-10-16(11-13-29)6-9-23(30)27-20-4-2-3-5-21(20)28-24(31)22-15-17-14-18(25)7-8-19(17)26-22/h7-8,10,14,20-22,26H,2-5,11-13,15H2,1H3,(H,27,30)(H,28,31)/t20-,21+,22?/m1/s1. The number of halogens is 1. The summed E-state index contributed by atoms with van der Waals surface area (Å²) in [6.45, 7) is 1.83. The quantitative estimate of drug-likeness (QED) is 0.631. The Labute approximate surface area is 188 Å². The Morgan fingerprint density at radius 3 is 2.71 bits per heavy atom. The van der Waals surface area contributed by atoms with Gasteiger partial charge in [0.1, 0.15) is 6.04 Å². The lowest BCUT2D eigenvalue weighted by molar-refractivity contribution is -0.123. The first kappa shape index (κ1) is 21.7. The second-order valence-corrected chi connectivity index (χ2v) is 9.11. The second kappa shape index (κ2) is 9.76. The number of benzene rings is 1. The van der Waals surface area contributed by atoms with Crippen molar-refractivity contribution in [2.75, 3.05) is 25.5 Å². The summed E-state index contributed by atoms with van der Waals surface area (Å²) in [5.74, 6) is 5.44. The van der Waals surface area contributed by atoms with Crippen LogP contribution in [0, 0.1) is 11.8 Å². The van der Waals surface area contributed by atoms with Crippen LogP contribution in [0.4, 0.5) is 5.69 Å². The zero-order valence-electron chi connectivity index (χ0n) is 17.8. The maximum atomic E-state index is 12.9. The van der Waals surface area contributed by atoms with E-state index in [-0.39, 0.29) is 29.9 Å². The van der Waals surface area contributed by atoms with Crippen molar-refractivity contribution in [3.05, 3.63) is 40.4 Å². The Morgan fingerprint density at radius 1 is 1.19 bits per heavy atom. The molecule has 0 aromatic heterocycles. The molecule has 3 atom stereocenters. The number of amides is 2. The first-order valence-electron chi connectivity index (χ1n) is 11.0. The van der Waals surface area contributed by atoms with Crippen LogP contribution >= 0.6 is 11.6 Å². The van der Waals surface area contributed by atoms with Crippen LogP contribution in [-0.2, 0) is 16.0 Å². The summed E-state index contributed by atoms with van der Waals surface area (Å²) in [6.07, 6.45) is 7.34. The van der Waals surface area contributed by atoms with E-state index in [4.69, 9.17) is 11.6 Å². The highest BCUT2D eigenvalue weighted by molar-refractivity contribution is 6.30. The maximum absolute atomic E-state index is 12.9.